The molecule has 1 saturated heterocycles. The highest BCUT2D eigenvalue weighted by molar-refractivity contribution is 5.78. The van der Waals surface area contributed by atoms with E-state index in [-0.39, 0.29) is 12.1 Å². The summed E-state index contributed by atoms with van der Waals surface area (Å²) in [4.78, 5) is 26.6. The van der Waals surface area contributed by atoms with Crippen molar-refractivity contribution in [2.45, 2.75) is 52.6 Å². The Balaban J connectivity index is 2.06. The third kappa shape index (κ3) is 5.25. The van der Waals surface area contributed by atoms with Crippen molar-refractivity contribution in [3.05, 3.63) is 23.9 Å². The summed E-state index contributed by atoms with van der Waals surface area (Å²) < 4.78 is 10.8. The summed E-state index contributed by atoms with van der Waals surface area (Å²) in [7, 11) is 0. The average Bonchev–Trinajstić information content (AvgIpc) is 2.55. The summed E-state index contributed by atoms with van der Waals surface area (Å²) in [5.74, 6) is -0.168. The zero-order valence-corrected chi connectivity index (χ0v) is 15.8. The third-order valence-corrected chi connectivity index (χ3v) is 4.48. The number of esters is 1. The maximum absolute atomic E-state index is 12.7. The Morgan fingerprint density at radius 3 is 2.48 bits per heavy atom. The van der Waals surface area contributed by atoms with Gasteiger partial charge in [-0.25, -0.2) is 4.79 Å². The van der Waals surface area contributed by atoms with Gasteiger partial charge in [0.2, 0.25) is 0 Å². The molecular formula is C19H30N2O4. The van der Waals surface area contributed by atoms with E-state index in [1.54, 1.807) is 4.90 Å². The number of ether oxygens (including phenoxy) is 2. The molecule has 2 heterocycles. The van der Waals surface area contributed by atoms with Crippen molar-refractivity contribution >= 4 is 12.1 Å². The SMILES string of the molecule is CCOC(=O)C1(CC2=CNCC=C2)CCN(C(=O)OC(C)(C)C)CC1. The van der Waals surface area contributed by atoms with E-state index in [4.69, 9.17) is 9.47 Å². The zero-order valence-electron chi connectivity index (χ0n) is 15.8. The Morgan fingerprint density at radius 1 is 1.28 bits per heavy atom. The Bertz CT molecular complexity index is 552. The van der Waals surface area contributed by atoms with E-state index in [0.717, 1.165) is 12.1 Å². The number of amides is 1. The number of hydrogen-bond acceptors (Lipinski definition) is 5. The van der Waals surface area contributed by atoms with E-state index in [9.17, 15) is 9.59 Å². The Morgan fingerprint density at radius 2 is 1.96 bits per heavy atom. The predicted octanol–water partition coefficient (Wildman–Crippen LogP) is 3.00. The van der Waals surface area contributed by atoms with Crippen LogP contribution in [0.15, 0.2) is 23.9 Å². The number of dihydropyridines is 1. The largest absolute Gasteiger partial charge is 0.466 e. The number of carbonyl (C=O) groups excluding carboxylic acids is 2. The molecule has 140 valence electrons. The van der Waals surface area contributed by atoms with Crippen LogP contribution in [0.4, 0.5) is 4.79 Å². The number of carbonyl (C=O) groups is 2. The number of nitrogens with zero attached hydrogens (tertiary/aromatic N) is 1. The van der Waals surface area contributed by atoms with Gasteiger partial charge in [0.1, 0.15) is 5.60 Å². The van der Waals surface area contributed by atoms with Gasteiger partial charge in [-0.15, -0.1) is 0 Å². The molecule has 0 aromatic carbocycles. The van der Waals surface area contributed by atoms with Gasteiger partial charge in [-0.05, 0) is 58.7 Å². The Hall–Kier alpha value is -1.98. The summed E-state index contributed by atoms with van der Waals surface area (Å²) in [6.07, 6.45) is 7.52. The van der Waals surface area contributed by atoms with Gasteiger partial charge in [0.15, 0.2) is 0 Å². The summed E-state index contributed by atoms with van der Waals surface area (Å²) >= 11 is 0. The fourth-order valence-electron chi connectivity index (χ4n) is 3.20. The summed E-state index contributed by atoms with van der Waals surface area (Å²) in [6, 6.07) is 0. The zero-order chi connectivity index (χ0) is 18.5. The lowest BCUT2D eigenvalue weighted by Gasteiger charge is -2.40. The van der Waals surface area contributed by atoms with Crippen LogP contribution >= 0.6 is 0 Å². The molecule has 0 atom stereocenters. The number of likely N-dealkylation sites (tertiary alicyclic amines) is 1. The van der Waals surface area contributed by atoms with Crippen molar-refractivity contribution in [1.82, 2.24) is 10.2 Å². The van der Waals surface area contributed by atoms with Gasteiger partial charge >= 0.3 is 12.1 Å². The first-order chi connectivity index (χ1) is 11.8. The summed E-state index contributed by atoms with van der Waals surface area (Å²) in [5, 5.41) is 3.18. The molecule has 6 nitrogen and oxygen atoms in total. The first-order valence-electron chi connectivity index (χ1n) is 9.00. The van der Waals surface area contributed by atoms with E-state index >= 15 is 0 Å². The third-order valence-electron chi connectivity index (χ3n) is 4.48. The normalized spacial score (nSPS) is 19.7. The van der Waals surface area contributed by atoms with Crippen LogP contribution in [-0.2, 0) is 14.3 Å². The monoisotopic (exact) mass is 350 g/mol. The number of nitrogens with one attached hydrogen (secondary N) is 1. The van der Waals surface area contributed by atoms with Crippen LogP contribution in [0.5, 0.6) is 0 Å². The molecule has 25 heavy (non-hydrogen) atoms. The lowest BCUT2D eigenvalue weighted by Crippen LogP contribution is -2.48. The van der Waals surface area contributed by atoms with Crippen LogP contribution in [0.3, 0.4) is 0 Å². The first kappa shape index (κ1) is 19.3. The van der Waals surface area contributed by atoms with Crippen molar-refractivity contribution in [2.75, 3.05) is 26.2 Å². The maximum Gasteiger partial charge on any atom is 0.410 e. The summed E-state index contributed by atoms with van der Waals surface area (Å²) in [6.45, 7) is 9.55. The molecule has 0 unspecified atom stereocenters. The second-order valence-electron chi connectivity index (χ2n) is 7.67. The molecule has 1 N–H and O–H groups in total. The molecule has 2 aliphatic rings. The van der Waals surface area contributed by atoms with Gasteiger partial charge in [-0.3, -0.25) is 4.79 Å². The minimum absolute atomic E-state index is 0.168. The Kier molecular flexibility index (Phi) is 6.14. The quantitative estimate of drug-likeness (QED) is 0.790. The van der Waals surface area contributed by atoms with E-state index in [1.165, 1.54) is 0 Å². The van der Waals surface area contributed by atoms with Crippen molar-refractivity contribution in [2.24, 2.45) is 5.41 Å². The van der Waals surface area contributed by atoms with Crippen LogP contribution in [0, 0.1) is 5.41 Å². The molecule has 1 fully saturated rings. The highest BCUT2D eigenvalue weighted by atomic mass is 16.6. The molecule has 0 aromatic rings. The molecule has 0 aromatic heterocycles. The van der Waals surface area contributed by atoms with Crippen molar-refractivity contribution in [1.29, 1.82) is 0 Å². The molecule has 2 aliphatic heterocycles. The van der Waals surface area contributed by atoms with Gasteiger partial charge in [0, 0.05) is 19.6 Å². The number of allylic oxidation sites excluding steroid dienone is 2. The topological polar surface area (TPSA) is 67.9 Å². The molecular weight excluding hydrogens is 320 g/mol. The molecule has 0 aliphatic carbocycles. The number of piperidine rings is 1. The highest BCUT2D eigenvalue weighted by Gasteiger charge is 2.44. The standard InChI is InChI=1S/C19H30N2O4/c1-5-24-16(22)19(13-15-7-6-10-20-14-15)8-11-21(12-9-19)17(23)25-18(2,3)4/h6-7,14,20H,5,8-13H2,1-4H3. The molecule has 6 heteroatoms. The fraction of sp³-hybridized carbons (Fsp3) is 0.684. The van der Waals surface area contributed by atoms with Crippen molar-refractivity contribution in [3.63, 3.8) is 0 Å². The van der Waals surface area contributed by atoms with Crippen LogP contribution in [0.25, 0.3) is 0 Å². The van der Waals surface area contributed by atoms with Crippen LogP contribution < -0.4 is 5.32 Å². The molecule has 0 spiro atoms. The minimum atomic E-state index is -0.580. The summed E-state index contributed by atoms with van der Waals surface area (Å²) in [5.41, 5.74) is -0.00939. The number of hydrogen-bond donors (Lipinski definition) is 1. The second-order valence-corrected chi connectivity index (χ2v) is 7.67. The van der Waals surface area contributed by atoms with Gasteiger partial charge in [-0.2, -0.15) is 0 Å². The smallest absolute Gasteiger partial charge is 0.410 e. The van der Waals surface area contributed by atoms with E-state index in [0.29, 0.717) is 39.0 Å². The van der Waals surface area contributed by atoms with Crippen LogP contribution in [0.1, 0.15) is 47.0 Å². The lowest BCUT2D eigenvalue weighted by atomic mass is 9.73. The molecule has 0 bridgehead atoms. The van der Waals surface area contributed by atoms with Crippen molar-refractivity contribution in [3.8, 4) is 0 Å². The lowest BCUT2D eigenvalue weighted by molar-refractivity contribution is -0.158. The van der Waals surface area contributed by atoms with Crippen molar-refractivity contribution < 1.29 is 19.1 Å². The average molecular weight is 350 g/mol. The fourth-order valence-corrected chi connectivity index (χ4v) is 3.20. The number of rotatable bonds is 4. The van der Waals surface area contributed by atoms with E-state index in [2.05, 4.69) is 11.4 Å². The van der Waals surface area contributed by atoms with Gasteiger partial charge in [-0.1, -0.05) is 12.2 Å². The molecule has 0 saturated carbocycles. The predicted molar refractivity (Wildman–Crippen MR) is 95.9 cm³/mol. The maximum atomic E-state index is 12.7. The molecule has 0 radical (unpaired) electrons. The van der Waals surface area contributed by atoms with Gasteiger partial charge in [0.25, 0.3) is 0 Å². The molecule has 1 amide bonds. The van der Waals surface area contributed by atoms with Gasteiger partial charge in [0.05, 0.1) is 12.0 Å². The van der Waals surface area contributed by atoms with Gasteiger partial charge < -0.3 is 19.7 Å². The van der Waals surface area contributed by atoms with E-state index in [1.807, 2.05) is 40.0 Å². The van der Waals surface area contributed by atoms with E-state index < -0.39 is 11.0 Å². The Labute approximate surface area is 150 Å². The highest BCUT2D eigenvalue weighted by Crippen LogP contribution is 2.39. The van der Waals surface area contributed by atoms with Crippen LogP contribution in [0.2, 0.25) is 0 Å². The minimum Gasteiger partial charge on any atom is -0.466 e. The molecule has 2 rings (SSSR count). The van der Waals surface area contributed by atoms with Crippen LogP contribution in [-0.4, -0.2) is 48.8 Å². The second kappa shape index (κ2) is 7.93. The first-order valence-corrected chi connectivity index (χ1v) is 9.00.